The fourth-order valence-corrected chi connectivity index (χ4v) is 5.23. The maximum atomic E-state index is 6.19. The molecule has 3 aromatic carbocycles. The van der Waals surface area contributed by atoms with Crippen molar-refractivity contribution in [1.82, 2.24) is 24.4 Å². The number of anilines is 1. The van der Waals surface area contributed by atoms with E-state index in [4.69, 9.17) is 16.6 Å². The summed E-state index contributed by atoms with van der Waals surface area (Å²) in [5, 5.41) is 0.758. The molecular formula is C29H27ClN6. The summed E-state index contributed by atoms with van der Waals surface area (Å²) in [4.78, 5) is 18.8. The minimum Gasteiger partial charge on any atom is -0.352 e. The average molecular weight is 495 g/mol. The van der Waals surface area contributed by atoms with Gasteiger partial charge in [-0.25, -0.2) is 15.0 Å². The van der Waals surface area contributed by atoms with Gasteiger partial charge >= 0.3 is 0 Å². The zero-order valence-electron chi connectivity index (χ0n) is 20.1. The second kappa shape index (κ2) is 9.72. The van der Waals surface area contributed by atoms with Gasteiger partial charge in [-0.05, 0) is 47.9 Å². The maximum Gasteiger partial charge on any atom is 0.170 e. The topological polar surface area (TPSA) is 50.1 Å². The summed E-state index contributed by atoms with van der Waals surface area (Å²) in [6.45, 7) is 5.63. The molecule has 0 amide bonds. The Morgan fingerprint density at radius 3 is 2.28 bits per heavy atom. The highest BCUT2D eigenvalue weighted by molar-refractivity contribution is 6.30. The Kier molecular flexibility index (Phi) is 6.13. The van der Waals surface area contributed by atoms with Crippen molar-refractivity contribution in [1.29, 1.82) is 0 Å². The molecule has 0 N–H and O–H groups in total. The van der Waals surface area contributed by atoms with Gasteiger partial charge < -0.3 is 4.90 Å². The van der Waals surface area contributed by atoms with E-state index in [0.29, 0.717) is 0 Å². The maximum absolute atomic E-state index is 6.19. The van der Waals surface area contributed by atoms with Crippen molar-refractivity contribution in [3.63, 3.8) is 0 Å². The van der Waals surface area contributed by atoms with Crippen LogP contribution in [0.15, 0.2) is 91.5 Å². The van der Waals surface area contributed by atoms with Crippen LogP contribution in [0.25, 0.3) is 16.9 Å². The molecule has 1 aliphatic heterocycles. The molecule has 3 heterocycles. The van der Waals surface area contributed by atoms with Gasteiger partial charge in [0.15, 0.2) is 17.0 Å². The summed E-state index contributed by atoms with van der Waals surface area (Å²) in [5.74, 6) is 0.897. The zero-order chi connectivity index (χ0) is 24.5. The molecule has 6 rings (SSSR count). The van der Waals surface area contributed by atoms with E-state index in [0.717, 1.165) is 53.9 Å². The van der Waals surface area contributed by atoms with Crippen LogP contribution in [0, 0.1) is 6.92 Å². The minimum absolute atomic E-state index is 0.177. The van der Waals surface area contributed by atoms with Gasteiger partial charge in [-0.2, -0.15) is 0 Å². The van der Waals surface area contributed by atoms with Crippen molar-refractivity contribution in [2.45, 2.75) is 13.0 Å². The summed E-state index contributed by atoms with van der Waals surface area (Å²) in [6.07, 6.45) is 3.50. The number of aromatic nitrogens is 4. The molecule has 36 heavy (non-hydrogen) atoms. The average Bonchev–Trinajstić information content (AvgIpc) is 3.36. The zero-order valence-corrected chi connectivity index (χ0v) is 20.9. The quantitative estimate of drug-likeness (QED) is 0.314. The largest absolute Gasteiger partial charge is 0.352 e. The molecule has 6 nitrogen and oxygen atoms in total. The van der Waals surface area contributed by atoms with Gasteiger partial charge in [0.2, 0.25) is 0 Å². The van der Waals surface area contributed by atoms with Crippen LogP contribution in [0.3, 0.4) is 0 Å². The number of imidazole rings is 1. The first kappa shape index (κ1) is 22.7. The van der Waals surface area contributed by atoms with Gasteiger partial charge in [0.05, 0.1) is 6.04 Å². The number of nitrogens with zero attached hydrogens (tertiary/aromatic N) is 6. The molecular weight excluding hydrogens is 468 g/mol. The molecule has 1 atom stereocenters. The summed E-state index contributed by atoms with van der Waals surface area (Å²) >= 11 is 6.19. The van der Waals surface area contributed by atoms with Crippen LogP contribution in [0.4, 0.5) is 5.82 Å². The van der Waals surface area contributed by atoms with Crippen LogP contribution in [-0.4, -0.2) is 50.6 Å². The molecule has 7 heteroatoms. The molecule has 5 aromatic rings. The summed E-state index contributed by atoms with van der Waals surface area (Å²) in [7, 11) is 0. The number of aryl methyl sites for hydroxylation is 1. The number of halogens is 1. The Labute approximate surface area is 215 Å². The number of hydrogen-bond donors (Lipinski definition) is 0. The highest BCUT2D eigenvalue weighted by atomic mass is 35.5. The summed E-state index contributed by atoms with van der Waals surface area (Å²) in [5.41, 5.74) is 6.46. The minimum atomic E-state index is 0.177. The molecule has 1 fully saturated rings. The van der Waals surface area contributed by atoms with Gasteiger partial charge in [0.25, 0.3) is 0 Å². The third kappa shape index (κ3) is 4.34. The molecule has 0 bridgehead atoms. The van der Waals surface area contributed by atoms with E-state index >= 15 is 0 Å². The Morgan fingerprint density at radius 1 is 0.778 bits per heavy atom. The van der Waals surface area contributed by atoms with Crippen LogP contribution in [-0.2, 0) is 0 Å². The Bertz CT molecular complexity index is 1470. The number of hydrogen-bond acceptors (Lipinski definition) is 5. The van der Waals surface area contributed by atoms with Crippen LogP contribution in [0.2, 0.25) is 5.02 Å². The Morgan fingerprint density at radius 2 is 1.53 bits per heavy atom. The molecule has 0 spiro atoms. The van der Waals surface area contributed by atoms with Gasteiger partial charge in [-0.1, -0.05) is 66.2 Å². The van der Waals surface area contributed by atoms with Crippen LogP contribution in [0.5, 0.6) is 0 Å². The third-order valence-electron chi connectivity index (χ3n) is 6.87. The summed E-state index contributed by atoms with van der Waals surface area (Å²) in [6, 6.07) is 27.5. The second-order valence-corrected chi connectivity index (χ2v) is 9.65. The van der Waals surface area contributed by atoms with Crippen molar-refractivity contribution in [3.8, 4) is 5.69 Å². The predicted octanol–water partition coefficient (Wildman–Crippen LogP) is 5.69. The number of piperazine rings is 1. The number of rotatable bonds is 5. The van der Waals surface area contributed by atoms with E-state index in [1.165, 1.54) is 16.7 Å². The molecule has 1 unspecified atom stereocenters. The van der Waals surface area contributed by atoms with E-state index in [9.17, 15) is 0 Å². The Balaban J connectivity index is 1.27. The van der Waals surface area contributed by atoms with Crippen molar-refractivity contribution in [3.05, 3.63) is 113 Å². The Hall–Kier alpha value is -3.74. The monoisotopic (exact) mass is 494 g/mol. The van der Waals surface area contributed by atoms with Gasteiger partial charge in [0.1, 0.15) is 12.7 Å². The first-order valence-corrected chi connectivity index (χ1v) is 12.6. The number of benzene rings is 3. The highest BCUT2D eigenvalue weighted by Crippen LogP contribution is 2.32. The number of fused-ring (bicyclic) bond motifs is 1. The molecule has 0 aliphatic carbocycles. The normalized spacial score (nSPS) is 15.3. The predicted molar refractivity (Wildman–Crippen MR) is 145 cm³/mol. The SMILES string of the molecule is Cc1cccc(-n2cnc3c(N4CCN(C(c5ccccc5)c5ccc(Cl)cc5)CC4)ncnc32)c1. The van der Waals surface area contributed by atoms with E-state index in [1.54, 1.807) is 6.33 Å². The smallest absolute Gasteiger partial charge is 0.170 e. The van der Waals surface area contributed by atoms with Crippen molar-refractivity contribution < 1.29 is 0 Å². The van der Waals surface area contributed by atoms with E-state index in [2.05, 4.69) is 93.4 Å². The first-order valence-electron chi connectivity index (χ1n) is 12.2. The molecule has 1 aliphatic rings. The van der Waals surface area contributed by atoms with Crippen LogP contribution in [0.1, 0.15) is 22.7 Å². The van der Waals surface area contributed by atoms with Crippen LogP contribution < -0.4 is 4.90 Å². The van der Waals surface area contributed by atoms with Gasteiger partial charge in [-0.3, -0.25) is 9.47 Å². The standard InChI is InChI=1S/C29H27ClN6/c1-21-6-5-9-25(18-21)36-20-33-26-28(31-19-32-29(26)36)35-16-14-34(15-17-35)27(22-7-3-2-4-8-22)23-10-12-24(30)13-11-23/h2-13,18-20,27H,14-17H2,1H3. The lowest BCUT2D eigenvalue weighted by atomic mass is 9.96. The third-order valence-corrected chi connectivity index (χ3v) is 7.13. The van der Waals surface area contributed by atoms with E-state index in [-0.39, 0.29) is 6.04 Å². The molecule has 1 saturated heterocycles. The highest BCUT2D eigenvalue weighted by Gasteiger charge is 2.28. The molecule has 2 aromatic heterocycles. The fraction of sp³-hybridized carbons (Fsp3) is 0.207. The van der Waals surface area contributed by atoms with Gasteiger partial charge in [-0.15, -0.1) is 0 Å². The van der Waals surface area contributed by atoms with Crippen molar-refractivity contribution >= 4 is 28.6 Å². The summed E-state index contributed by atoms with van der Waals surface area (Å²) < 4.78 is 2.04. The lowest BCUT2D eigenvalue weighted by molar-refractivity contribution is 0.212. The van der Waals surface area contributed by atoms with Crippen molar-refractivity contribution in [2.75, 3.05) is 31.1 Å². The lowest BCUT2D eigenvalue weighted by Crippen LogP contribution is -2.48. The first-order chi connectivity index (χ1) is 17.7. The lowest BCUT2D eigenvalue weighted by Gasteiger charge is -2.40. The second-order valence-electron chi connectivity index (χ2n) is 9.21. The van der Waals surface area contributed by atoms with E-state index < -0.39 is 0 Å². The molecule has 0 radical (unpaired) electrons. The molecule has 0 saturated carbocycles. The van der Waals surface area contributed by atoms with E-state index in [1.807, 2.05) is 23.0 Å². The molecule has 180 valence electrons. The van der Waals surface area contributed by atoms with Crippen LogP contribution >= 0.6 is 11.6 Å². The fourth-order valence-electron chi connectivity index (χ4n) is 5.11. The van der Waals surface area contributed by atoms with Gasteiger partial charge in [0, 0.05) is 36.9 Å². The van der Waals surface area contributed by atoms with Crippen molar-refractivity contribution in [2.24, 2.45) is 0 Å².